The predicted octanol–water partition coefficient (Wildman–Crippen LogP) is 5.45. The molecule has 4 rings (SSSR count). The first kappa shape index (κ1) is 32.2. The number of nitro benzene ring substituents is 1. The standard InChI is InChI=1S/C33H44N4O6/c1-4-16-36(33(40)43-22-24-10-12-29(13-11-24)37(41)42)28-14-17-35(18-15-28)21-26-19-27(34-31(23(2)3)32(38)39)20-30(26)25-8-6-5-7-9-25/h4-13,23,26-28,30-31,34H,1,14-22H2,2-3H3,(H,38,39)/t26-,27?,30-,31?/m1/s1. The second-order valence-electron chi connectivity index (χ2n) is 12.1. The van der Waals surface area contributed by atoms with Crippen molar-refractivity contribution < 1.29 is 24.4 Å². The summed E-state index contributed by atoms with van der Waals surface area (Å²) in [5.74, 6) is -0.0455. The largest absolute Gasteiger partial charge is 0.480 e. The number of benzene rings is 2. The molecule has 0 bridgehead atoms. The molecule has 2 aliphatic rings. The van der Waals surface area contributed by atoms with E-state index in [0.29, 0.717) is 23.9 Å². The molecule has 232 valence electrons. The maximum atomic E-state index is 13.0. The second-order valence-corrected chi connectivity index (χ2v) is 12.1. The van der Waals surface area contributed by atoms with E-state index >= 15 is 0 Å². The Morgan fingerprint density at radius 3 is 2.40 bits per heavy atom. The number of carbonyl (C=O) groups excluding carboxylic acids is 1. The minimum atomic E-state index is -0.799. The highest BCUT2D eigenvalue weighted by molar-refractivity contribution is 5.73. The highest BCUT2D eigenvalue weighted by Crippen LogP contribution is 2.41. The Labute approximate surface area is 253 Å². The monoisotopic (exact) mass is 592 g/mol. The molecule has 1 aliphatic heterocycles. The number of carboxylic acids is 1. The Bertz CT molecular complexity index is 1230. The molecule has 1 amide bonds. The molecule has 0 radical (unpaired) electrons. The minimum Gasteiger partial charge on any atom is -0.480 e. The van der Waals surface area contributed by atoms with Crippen molar-refractivity contribution in [3.05, 3.63) is 88.5 Å². The molecule has 2 fully saturated rings. The van der Waals surface area contributed by atoms with Gasteiger partial charge in [0, 0.05) is 50.4 Å². The Morgan fingerprint density at radius 2 is 1.81 bits per heavy atom. The molecule has 2 aromatic rings. The number of hydrogen-bond acceptors (Lipinski definition) is 7. The number of nitrogens with zero attached hydrogens (tertiary/aromatic N) is 3. The summed E-state index contributed by atoms with van der Waals surface area (Å²) in [5, 5.41) is 24.1. The molecule has 0 spiro atoms. The van der Waals surface area contributed by atoms with E-state index in [4.69, 9.17) is 4.74 Å². The molecular formula is C33H44N4O6. The number of nitrogens with one attached hydrogen (secondary N) is 1. The zero-order valence-corrected chi connectivity index (χ0v) is 25.1. The summed E-state index contributed by atoms with van der Waals surface area (Å²) in [6, 6.07) is 16.1. The van der Waals surface area contributed by atoms with Crippen LogP contribution in [0.3, 0.4) is 0 Å². The molecule has 4 atom stereocenters. The zero-order valence-electron chi connectivity index (χ0n) is 25.1. The highest BCUT2D eigenvalue weighted by atomic mass is 16.6. The van der Waals surface area contributed by atoms with Gasteiger partial charge in [-0.1, -0.05) is 50.3 Å². The number of rotatable bonds is 13. The van der Waals surface area contributed by atoms with Gasteiger partial charge in [-0.25, -0.2) is 4.79 Å². The van der Waals surface area contributed by atoms with Crippen molar-refractivity contribution in [1.82, 2.24) is 15.1 Å². The number of non-ortho nitro benzene ring substituents is 1. The molecule has 2 N–H and O–H groups in total. The quantitative estimate of drug-likeness (QED) is 0.179. The summed E-state index contributed by atoms with van der Waals surface area (Å²) >= 11 is 0. The molecule has 10 heteroatoms. The van der Waals surface area contributed by atoms with Crippen LogP contribution >= 0.6 is 0 Å². The highest BCUT2D eigenvalue weighted by Gasteiger charge is 2.39. The molecule has 10 nitrogen and oxygen atoms in total. The molecule has 43 heavy (non-hydrogen) atoms. The average Bonchev–Trinajstić information content (AvgIpc) is 3.40. The Balaban J connectivity index is 1.34. The molecule has 2 aromatic carbocycles. The number of carbonyl (C=O) groups is 2. The van der Waals surface area contributed by atoms with Gasteiger partial charge in [0.2, 0.25) is 0 Å². The van der Waals surface area contributed by atoms with Crippen LogP contribution < -0.4 is 5.32 Å². The SMILES string of the molecule is C=CCN(C(=O)OCc1ccc([N+](=O)[O-])cc1)C1CCN(C[C@H]2CC(NC(C(=O)O)C(C)C)C[C@@H]2c2ccccc2)CC1. The van der Waals surface area contributed by atoms with Crippen molar-refractivity contribution in [1.29, 1.82) is 0 Å². The topological polar surface area (TPSA) is 125 Å². The van der Waals surface area contributed by atoms with Crippen molar-refractivity contribution in [2.45, 2.75) is 70.2 Å². The maximum Gasteiger partial charge on any atom is 0.410 e. The van der Waals surface area contributed by atoms with Gasteiger partial charge in [-0.3, -0.25) is 14.9 Å². The smallest absolute Gasteiger partial charge is 0.410 e. The van der Waals surface area contributed by atoms with Crippen LogP contribution in [0, 0.1) is 22.0 Å². The van der Waals surface area contributed by atoms with E-state index in [9.17, 15) is 24.8 Å². The minimum absolute atomic E-state index is 0.00471. The first-order valence-electron chi connectivity index (χ1n) is 15.2. The third-order valence-electron chi connectivity index (χ3n) is 8.83. The third kappa shape index (κ3) is 8.64. The fourth-order valence-electron chi connectivity index (χ4n) is 6.57. The van der Waals surface area contributed by atoms with Crippen molar-refractivity contribution >= 4 is 17.7 Å². The molecule has 1 heterocycles. The lowest BCUT2D eigenvalue weighted by atomic mass is 9.88. The fourth-order valence-corrected chi connectivity index (χ4v) is 6.57. The predicted molar refractivity (Wildman–Crippen MR) is 165 cm³/mol. The first-order chi connectivity index (χ1) is 20.7. The second kappa shape index (κ2) is 15.1. The van der Waals surface area contributed by atoms with Crippen LogP contribution in [0.2, 0.25) is 0 Å². The molecule has 2 unspecified atom stereocenters. The van der Waals surface area contributed by atoms with Crippen molar-refractivity contribution in [3.8, 4) is 0 Å². The van der Waals surface area contributed by atoms with Crippen LogP contribution in [0.5, 0.6) is 0 Å². The molecule has 1 saturated heterocycles. The lowest BCUT2D eigenvalue weighted by Crippen LogP contribution is -2.48. The van der Waals surface area contributed by atoms with Gasteiger partial charge in [0.05, 0.1) is 4.92 Å². The van der Waals surface area contributed by atoms with Crippen molar-refractivity contribution in [2.24, 2.45) is 11.8 Å². The van der Waals surface area contributed by atoms with Gasteiger partial charge >= 0.3 is 12.1 Å². The van der Waals surface area contributed by atoms with Gasteiger partial charge in [0.25, 0.3) is 5.69 Å². The molecule has 1 saturated carbocycles. The number of ether oxygens (including phenoxy) is 1. The molecular weight excluding hydrogens is 548 g/mol. The van der Waals surface area contributed by atoms with E-state index in [0.717, 1.165) is 45.3 Å². The van der Waals surface area contributed by atoms with Gasteiger partial charge in [0.1, 0.15) is 12.6 Å². The summed E-state index contributed by atoms with van der Waals surface area (Å²) in [7, 11) is 0. The molecule has 1 aliphatic carbocycles. The number of amides is 1. The summed E-state index contributed by atoms with van der Waals surface area (Å²) in [5.41, 5.74) is 1.98. The van der Waals surface area contributed by atoms with Gasteiger partial charge in [-0.15, -0.1) is 6.58 Å². The van der Waals surface area contributed by atoms with Gasteiger partial charge in [0.15, 0.2) is 0 Å². The Morgan fingerprint density at radius 1 is 1.14 bits per heavy atom. The van der Waals surface area contributed by atoms with E-state index in [2.05, 4.69) is 41.1 Å². The van der Waals surface area contributed by atoms with E-state index in [1.807, 2.05) is 19.9 Å². The molecule has 0 aromatic heterocycles. The van der Waals surface area contributed by atoms with Gasteiger partial charge in [-0.2, -0.15) is 0 Å². The van der Waals surface area contributed by atoms with E-state index in [-0.39, 0.29) is 30.3 Å². The van der Waals surface area contributed by atoms with E-state index in [1.165, 1.54) is 17.7 Å². The summed E-state index contributed by atoms with van der Waals surface area (Å²) in [4.78, 5) is 39.6. The average molecular weight is 593 g/mol. The van der Waals surface area contributed by atoms with Crippen LogP contribution in [-0.2, 0) is 16.1 Å². The Kier molecular flexibility index (Phi) is 11.3. The number of piperidine rings is 1. The number of carboxylic acid groups (broad SMARTS) is 1. The fraction of sp³-hybridized carbons (Fsp3) is 0.515. The lowest BCUT2D eigenvalue weighted by Gasteiger charge is -2.39. The third-order valence-corrected chi connectivity index (χ3v) is 8.83. The van der Waals surface area contributed by atoms with Crippen LogP contribution in [0.25, 0.3) is 0 Å². The normalized spacial score (nSPS) is 21.8. The zero-order chi connectivity index (χ0) is 30.9. The summed E-state index contributed by atoms with van der Waals surface area (Å²) in [6.07, 6.45) is 4.77. The summed E-state index contributed by atoms with van der Waals surface area (Å²) < 4.78 is 5.58. The lowest BCUT2D eigenvalue weighted by molar-refractivity contribution is -0.384. The van der Waals surface area contributed by atoms with Crippen molar-refractivity contribution in [2.75, 3.05) is 26.2 Å². The number of likely N-dealkylation sites (tertiary alicyclic amines) is 1. The number of nitro groups is 1. The number of aliphatic carboxylic acids is 1. The maximum absolute atomic E-state index is 13.0. The van der Waals surface area contributed by atoms with Crippen LogP contribution in [-0.4, -0.2) is 76.2 Å². The van der Waals surface area contributed by atoms with Gasteiger partial charge in [-0.05, 0) is 66.7 Å². The summed E-state index contributed by atoms with van der Waals surface area (Å²) in [6.45, 7) is 10.8. The number of hydrogen-bond donors (Lipinski definition) is 2. The first-order valence-corrected chi connectivity index (χ1v) is 15.2. The van der Waals surface area contributed by atoms with E-state index in [1.54, 1.807) is 23.1 Å². The van der Waals surface area contributed by atoms with Gasteiger partial charge < -0.3 is 25.0 Å². The van der Waals surface area contributed by atoms with Crippen molar-refractivity contribution in [3.63, 3.8) is 0 Å². The van der Waals surface area contributed by atoms with Crippen LogP contribution in [0.1, 0.15) is 56.6 Å². The van der Waals surface area contributed by atoms with Crippen LogP contribution in [0.15, 0.2) is 67.3 Å². The van der Waals surface area contributed by atoms with Crippen LogP contribution in [0.4, 0.5) is 10.5 Å². The van der Waals surface area contributed by atoms with E-state index < -0.39 is 23.0 Å². The Hall–Kier alpha value is -3.76.